The fourth-order valence-corrected chi connectivity index (χ4v) is 2.05. The minimum atomic E-state index is -3.67. The summed E-state index contributed by atoms with van der Waals surface area (Å²) in [6.45, 7) is 4.82. The van der Waals surface area contributed by atoms with E-state index in [2.05, 4.69) is 6.92 Å². The molecule has 6 heteroatoms. The van der Waals surface area contributed by atoms with Crippen molar-refractivity contribution in [2.24, 2.45) is 5.73 Å². The second kappa shape index (κ2) is 18.9. The summed E-state index contributed by atoms with van der Waals surface area (Å²) in [5.74, 6) is -0.132. The van der Waals surface area contributed by atoms with Crippen molar-refractivity contribution < 1.29 is 44.0 Å². The Labute approximate surface area is 143 Å². The van der Waals surface area contributed by atoms with Gasteiger partial charge in [0.15, 0.2) is 0 Å². The van der Waals surface area contributed by atoms with Crippen LogP contribution >= 0.6 is 0 Å². The normalized spacial score (nSPS) is 10.3. The Morgan fingerprint density at radius 1 is 0.895 bits per heavy atom. The molecular weight excluding hydrogens is 273 g/mol. The standard InChI is InChI=1S/C10H23N.C3H8O3S.Na.H/c1-2-3-4-5-6-7-8-9-10-11;1-2-3-7(4,5)6;;/h2-11H2,1H3;2-3H2,1H3,(H,4,5,6);;/q;;+1;-1. The second-order valence-corrected chi connectivity index (χ2v) is 6.12. The van der Waals surface area contributed by atoms with Crippen LogP contribution in [-0.4, -0.2) is 25.3 Å². The van der Waals surface area contributed by atoms with E-state index in [1.807, 2.05) is 0 Å². The fraction of sp³-hybridized carbons (Fsp3) is 1.00. The third-order valence-corrected chi connectivity index (χ3v) is 3.44. The summed E-state index contributed by atoms with van der Waals surface area (Å²) in [4.78, 5) is 0. The van der Waals surface area contributed by atoms with Gasteiger partial charge >= 0.3 is 29.6 Å². The Bertz CT molecular complexity index is 244. The zero-order chi connectivity index (χ0) is 14.3. The SMILES string of the molecule is CCCCCCCCCCN.CCCS(=O)(=O)O.[H-].[Na+]. The van der Waals surface area contributed by atoms with Gasteiger partial charge in [-0.3, -0.25) is 4.55 Å². The van der Waals surface area contributed by atoms with Crippen LogP contribution < -0.4 is 35.3 Å². The molecule has 114 valence electrons. The molecule has 0 aliphatic heterocycles. The summed E-state index contributed by atoms with van der Waals surface area (Å²) in [5, 5.41) is 0. The van der Waals surface area contributed by atoms with Gasteiger partial charge in [0.1, 0.15) is 0 Å². The van der Waals surface area contributed by atoms with Crippen LogP contribution in [0.1, 0.15) is 73.1 Å². The number of nitrogens with two attached hydrogens (primary N) is 1. The van der Waals surface area contributed by atoms with Gasteiger partial charge in [-0.05, 0) is 19.4 Å². The zero-order valence-electron chi connectivity index (χ0n) is 14.0. The summed E-state index contributed by atoms with van der Waals surface area (Å²) in [7, 11) is -3.67. The quantitative estimate of drug-likeness (QED) is 0.350. The molecule has 0 amide bonds. The number of hydrogen-bond acceptors (Lipinski definition) is 3. The van der Waals surface area contributed by atoms with E-state index in [0.717, 1.165) is 6.54 Å². The van der Waals surface area contributed by atoms with E-state index in [-0.39, 0.29) is 36.7 Å². The molecule has 0 rings (SSSR count). The van der Waals surface area contributed by atoms with Crippen molar-refractivity contribution in [1.29, 1.82) is 0 Å². The van der Waals surface area contributed by atoms with Crippen LogP contribution in [0.4, 0.5) is 0 Å². The minimum absolute atomic E-state index is 0. The summed E-state index contributed by atoms with van der Waals surface area (Å²) in [5.41, 5.74) is 5.39. The summed E-state index contributed by atoms with van der Waals surface area (Å²) in [6, 6.07) is 0. The first-order chi connectivity index (χ1) is 8.47. The Morgan fingerprint density at radius 3 is 1.58 bits per heavy atom. The van der Waals surface area contributed by atoms with Crippen molar-refractivity contribution in [3.8, 4) is 0 Å². The molecule has 0 saturated carbocycles. The smallest absolute Gasteiger partial charge is 1.00 e. The van der Waals surface area contributed by atoms with Gasteiger partial charge in [-0.15, -0.1) is 0 Å². The van der Waals surface area contributed by atoms with Crippen molar-refractivity contribution >= 4 is 10.1 Å². The maximum absolute atomic E-state index is 9.79. The van der Waals surface area contributed by atoms with Crippen LogP contribution in [0, 0.1) is 0 Å². The van der Waals surface area contributed by atoms with Crippen molar-refractivity contribution in [2.45, 2.75) is 71.6 Å². The van der Waals surface area contributed by atoms with Crippen molar-refractivity contribution in [2.75, 3.05) is 12.3 Å². The average Bonchev–Trinajstić information content (AvgIpc) is 2.27. The molecule has 0 aliphatic rings. The molecule has 0 unspecified atom stereocenters. The van der Waals surface area contributed by atoms with Crippen molar-refractivity contribution in [1.82, 2.24) is 0 Å². The van der Waals surface area contributed by atoms with E-state index in [1.54, 1.807) is 6.92 Å². The predicted octanol–water partition coefficient (Wildman–Crippen LogP) is 0.487. The molecule has 0 aromatic rings. The molecule has 0 aliphatic carbocycles. The summed E-state index contributed by atoms with van der Waals surface area (Å²) in [6.07, 6.45) is 11.5. The Balaban J connectivity index is -0.000000126. The molecule has 19 heavy (non-hydrogen) atoms. The van der Waals surface area contributed by atoms with Gasteiger partial charge < -0.3 is 7.16 Å². The van der Waals surface area contributed by atoms with Crippen LogP contribution in [0.3, 0.4) is 0 Å². The molecular formula is C13H32NNaO3S. The van der Waals surface area contributed by atoms with E-state index < -0.39 is 10.1 Å². The topological polar surface area (TPSA) is 80.4 Å². The monoisotopic (exact) mass is 305 g/mol. The molecule has 0 bridgehead atoms. The van der Waals surface area contributed by atoms with Crippen LogP contribution in [0.25, 0.3) is 0 Å². The third-order valence-electron chi connectivity index (χ3n) is 2.52. The minimum Gasteiger partial charge on any atom is -1.00 e. The van der Waals surface area contributed by atoms with Crippen LogP contribution in [0.2, 0.25) is 0 Å². The van der Waals surface area contributed by atoms with Gasteiger partial charge in [0.2, 0.25) is 0 Å². The maximum Gasteiger partial charge on any atom is 1.00 e. The number of rotatable bonds is 10. The Morgan fingerprint density at radius 2 is 1.32 bits per heavy atom. The molecule has 0 aromatic carbocycles. The van der Waals surface area contributed by atoms with E-state index in [9.17, 15) is 8.42 Å². The van der Waals surface area contributed by atoms with Gasteiger partial charge in [0.05, 0.1) is 5.75 Å². The molecule has 0 fully saturated rings. The van der Waals surface area contributed by atoms with Crippen LogP contribution in [0.5, 0.6) is 0 Å². The van der Waals surface area contributed by atoms with Gasteiger partial charge in [-0.2, -0.15) is 8.42 Å². The summed E-state index contributed by atoms with van der Waals surface area (Å²) < 4.78 is 27.6. The van der Waals surface area contributed by atoms with Crippen molar-refractivity contribution in [3.63, 3.8) is 0 Å². The maximum atomic E-state index is 9.79. The van der Waals surface area contributed by atoms with Gasteiger partial charge in [0.25, 0.3) is 10.1 Å². The average molecular weight is 305 g/mol. The van der Waals surface area contributed by atoms with E-state index in [0.29, 0.717) is 6.42 Å². The molecule has 0 saturated heterocycles. The molecule has 0 radical (unpaired) electrons. The molecule has 0 aromatic heterocycles. The Hall–Kier alpha value is 0.870. The summed E-state index contributed by atoms with van der Waals surface area (Å²) >= 11 is 0. The second-order valence-electron chi connectivity index (χ2n) is 4.55. The van der Waals surface area contributed by atoms with Crippen molar-refractivity contribution in [3.05, 3.63) is 0 Å². The molecule has 4 nitrogen and oxygen atoms in total. The predicted molar refractivity (Wildman–Crippen MR) is 79.5 cm³/mol. The van der Waals surface area contributed by atoms with Gasteiger partial charge in [-0.25, -0.2) is 0 Å². The first kappa shape index (κ1) is 24.9. The molecule has 3 N–H and O–H groups in total. The van der Waals surface area contributed by atoms with Crippen LogP contribution in [0.15, 0.2) is 0 Å². The zero-order valence-corrected chi connectivity index (χ0v) is 15.8. The number of unbranched alkanes of at least 4 members (excludes halogenated alkanes) is 7. The van der Waals surface area contributed by atoms with Gasteiger partial charge in [-0.1, -0.05) is 58.8 Å². The van der Waals surface area contributed by atoms with Crippen LogP contribution in [-0.2, 0) is 10.1 Å². The first-order valence-corrected chi connectivity index (χ1v) is 8.74. The molecule has 0 spiro atoms. The van der Waals surface area contributed by atoms with E-state index in [1.165, 1.54) is 51.4 Å². The molecule has 0 atom stereocenters. The van der Waals surface area contributed by atoms with Gasteiger partial charge in [0, 0.05) is 0 Å². The first-order valence-electron chi connectivity index (χ1n) is 7.13. The fourth-order valence-electron chi connectivity index (χ4n) is 1.54. The van der Waals surface area contributed by atoms with E-state index >= 15 is 0 Å². The number of hydrogen-bond donors (Lipinski definition) is 2. The third kappa shape index (κ3) is 32.4. The largest absolute Gasteiger partial charge is 1.00 e. The Kier molecular flexibility index (Phi) is 24.7. The molecule has 0 heterocycles. The van der Waals surface area contributed by atoms with E-state index in [4.69, 9.17) is 10.3 Å².